The lowest BCUT2D eigenvalue weighted by molar-refractivity contribution is 0.101. The summed E-state index contributed by atoms with van der Waals surface area (Å²) in [5.74, 6) is 0.200. The fourth-order valence-electron chi connectivity index (χ4n) is 4.31. The molecule has 2 N–H and O–H groups in total. The molecule has 5 rings (SSSR count). The average molecular weight is 421 g/mol. The maximum atomic E-state index is 12.7. The Hall–Kier alpha value is -3.92. The summed E-state index contributed by atoms with van der Waals surface area (Å²) in [6, 6.07) is 23.5. The van der Waals surface area contributed by atoms with Crippen LogP contribution in [0, 0.1) is 0 Å². The number of Topliss-reactive ketones (excluding diaryl/α,β-unsaturated/α-hetero) is 2. The number of rotatable bonds is 4. The van der Waals surface area contributed by atoms with Gasteiger partial charge in [0.1, 0.15) is 0 Å². The summed E-state index contributed by atoms with van der Waals surface area (Å²) in [4.78, 5) is 25.4. The van der Waals surface area contributed by atoms with Crippen LogP contribution in [0.1, 0.15) is 44.7 Å². The van der Waals surface area contributed by atoms with E-state index in [1.165, 1.54) is 0 Å². The number of benzene rings is 3. The summed E-state index contributed by atoms with van der Waals surface area (Å²) >= 11 is 0. The number of anilines is 2. The van der Waals surface area contributed by atoms with Gasteiger partial charge in [0.05, 0.1) is 0 Å². The molecule has 0 radical (unpaired) electrons. The standard InChI is InChI=1S/C28H24N2O2/c31-27-21(11-9-19-5-1-3-7-25(19)27)17-29-23-13-15-24(16-14-23)30-18-22-12-10-20-6-2-4-8-26(20)28(22)32/h1-8,13-18,29-30H,9-12H2/b21-17-,22-18-. The second kappa shape index (κ2) is 8.67. The number of carbonyl (C=O) groups excluding carboxylic acids is 2. The van der Waals surface area contributed by atoms with Crippen molar-refractivity contribution in [2.45, 2.75) is 25.7 Å². The molecule has 0 heterocycles. The van der Waals surface area contributed by atoms with Crippen LogP contribution in [-0.4, -0.2) is 11.6 Å². The van der Waals surface area contributed by atoms with Gasteiger partial charge in [-0.1, -0.05) is 48.5 Å². The van der Waals surface area contributed by atoms with Gasteiger partial charge in [0.15, 0.2) is 11.6 Å². The first kappa shape index (κ1) is 20.0. The molecule has 0 aromatic heterocycles. The lowest BCUT2D eigenvalue weighted by atomic mass is 9.87. The summed E-state index contributed by atoms with van der Waals surface area (Å²) in [7, 11) is 0. The van der Waals surface area contributed by atoms with Crippen LogP contribution in [0.5, 0.6) is 0 Å². The highest BCUT2D eigenvalue weighted by Crippen LogP contribution is 2.26. The minimum atomic E-state index is 0.1000. The third kappa shape index (κ3) is 4.00. The fourth-order valence-corrected chi connectivity index (χ4v) is 4.31. The molecule has 0 saturated carbocycles. The highest BCUT2D eigenvalue weighted by Gasteiger charge is 2.22. The summed E-state index contributed by atoms with van der Waals surface area (Å²) < 4.78 is 0. The predicted octanol–water partition coefficient (Wildman–Crippen LogP) is 5.94. The topological polar surface area (TPSA) is 58.2 Å². The first-order chi connectivity index (χ1) is 15.7. The van der Waals surface area contributed by atoms with Gasteiger partial charge < -0.3 is 10.6 Å². The molecule has 0 bridgehead atoms. The van der Waals surface area contributed by atoms with Crippen molar-refractivity contribution in [2.24, 2.45) is 0 Å². The molecule has 0 unspecified atom stereocenters. The normalized spacial score (nSPS) is 17.8. The third-order valence-corrected chi connectivity index (χ3v) is 6.15. The Labute approximate surface area is 187 Å². The van der Waals surface area contributed by atoms with Crippen LogP contribution in [0.25, 0.3) is 0 Å². The van der Waals surface area contributed by atoms with Crippen LogP contribution in [0.15, 0.2) is 96.3 Å². The van der Waals surface area contributed by atoms with Crippen molar-refractivity contribution in [2.75, 3.05) is 10.6 Å². The fraction of sp³-hybridized carbons (Fsp3) is 0.143. The first-order valence-electron chi connectivity index (χ1n) is 11.0. The summed E-state index contributed by atoms with van der Waals surface area (Å²) in [5, 5.41) is 6.49. The van der Waals surface area contributed by atoms with Crippen molar-refractivity contribution in [3.05, 3.63) is 119 Å². The van der Waals surface area contributed by atoms with Crippen LogP contribution >= 0.6 is 0 Å². The van der Waals surface area contributed by atoms with E-state index in [2.05, 4.69) is 10.6 Å². The van der Waals surface area contributed by atoms with E-state index >= 15 is 0 Å². The molecule has 158 valence electrons. The van der Waals surface area contributed by atoms with Crippen LogP contribution in [0.2, 0.25) is 0 Å². The quantitative estimate of drug-likeness (QED) is 0.513. The van der Waals surface area contributed by atoms with Crippen molar-refractivity contribution in [1.29, 1.82) is 0 Å². The minimum Gasteiger partial charge on any atom is -0.361 e. The molecule has 0 fully saturated rings. The lowest BCUT2D eigenvalue weighted by Gasteiger charge is -2.17. The van der Waals surface area contributed by atoms with Crippen LogP contribution in [0.3, 0.4) is 0 Å². The molecule has 0 atom stereocenters. The minimum absolute atomic E-state index is 0.1000. The smallest absolute Gasteiger partial charge is 0.190 e. The number of allylic oxidation sites excluding steroid dienone is 2. The Morgan fingerprint density at radius 1 is 0.531 bits per heavy atom. The van der Waals surface area contributed by atoms with Gasteiger partial charge in [-0.05, 0) is 61.1 Å². The van der Waals surface area contributed by atoms with Crippen molar-refractivity contribution < 1.29 is 9.59 Å². The lowest BCUT2D eigenvalue weighted by Crippen LogP contribution is -2.15. The van der Waals surface area contributed by atoms with Gasteiger partial charge in [-0.3, -0.25) is 9.59 Å². The second-order valence-electron chi connectivity index (χ2n) is 8.18. The van der Waals surface area contributed by atoms with E-state index in [4.69, 9.17) is 0 Å². The number of hydrogen-bond donors (Lipinski definition) is 2. The monoisotopic (exact) mass is 420 g/mol. The molecule has 0 aliphatic heterocycles. The Bertz CT molecular complexity index is 1150. The predicted molar refractivity (Wildman–Crippen MR) is 128 cm³/mol. The summed E-state index contributed by atoms with van der Waals surface area (Å²) in [6.45, 7) is 0. The van der Waals surface area contributed by atoms with Crippen LogP contribution < -0.4 is 10.6 Å². The SMILES string of the molecule is O=C1/C(=C\Nc2ccc(N/C=C3/CCc4ccccc4C3=O)cc2)CCc2ccccc21. The van der Waals surface area contributed by atoms with E-state index in [1.54, 1.807) is 0 Å². The van der Waals surface area contributed by atoms with Crippen molar-refractivity contribution in [1.82, 2.24) is 0 Å². The second-order valence-corrected chi connectivity index (χ2v) is 8.18. The zero-order valence-electron chi connectivity index (χ0n) is 17.7. The van der Waals surface area contributed by atoms with Gasteiger partial charge >= 0.3 is 0 Å². The maximum absolute atomic E-state index is 12.7. The molecule has 32 heavy (non-hydrogen) atoms. The van der Waals surface area contributed by atoms with Gasteiger partial charge in [0.25, 0.3) is 0 Å². The molecule has 3 aromatic rings. The van der Waals surface area contributed by atoms with E-state index in [0.717, 1.165) is 70.5 Å². The third-order valence-electron chi connectivity index (χ3n) is 6.15. The van der Waals surface area contributed by atoms with Crippen molar-refractivity contribution in [3.8, 4) is 0 Å². The van der Waals surface area contributed by atoms with Gasteiger partial charge in [0, 0.05) is 46.0 Å². The Morgan fingerprint density at radius 3 is 1.38 bits per heavy atom. The summed E-state index contributed by atoms with van der Waals surface area (Å²) in [6.07, 6.45) is 6.90. The molecule has 0 saturated heterocycles. The molecule has 2 aliphatic carbocycles. The molecule has 0 amide bonds. The number of nitrogens with one attached hydrogen (secondary N) is 2. The molecule has 3 aromatic carbocycles. The molecule has 4 nitrogen and oxygen atoms in total. The summed E-state index contributed by atoms with van der Waals surface area (Å²) in [5.41, 5.74) is 7.27. The zero-order chi connectivity index (χ0) is 21.9. The van der Waals surface area contributed by atoms with Crippen molar-refractivity contribution in [3.63, 3.8) is 0 Å². The molecular weight excluding hydrogens is 396 g/mol. The Kier molecular flexibility index (Phi) is 5.42. The molecular formula is C28H24N2O2. The highest BCUT2D eigenvalue weighted by molar-refractivity contribution is 6.11. The van der Waals surface area contributed by atoms with E-state index in [-0.39, 0.29) is 11.6 Å². The van der Waals surface area contributed by atoms with Gasteiger partial charge in [-0.2, -0.15) is 0 Å². The molecule has 0 spiro atoms. The maximum Gasteiger partial charge on any atom is 0.190 e. The van der Waals surface area contributed by atoms with E-state index < -0.39 is 0 Å². The van der Waals surface area contributed by atoms with Crippen LogP contribution in [-0.2, 0) is 12.8 Å². The highest BCUT2D eigenvalue weighted by atomic mass is 16.1. The largest absolute Gasteiger partial charge is 0.361 e. The molecule has 2 aliphatic rings. The van der Waals surface area contributed by atoms with E-state index in [0.29, 0.717) is 0 Å². The number of ketones is 2. The number of hydrogen-bond acceptors (Lipinski definition) is 4. The molecule has 4 heteroatoms. The number of carbonyl (C=O) groups is 2. The Morgan fingerprint density at radius 2 is 0.938 bits per heavy atom. The van der Waals surface area contributed by atoms with Gasteiger partial charge in [0.2, 0.25) is 0 Å². The Balaban J connectivity index is 1.23. The zero-order valence-corrected chi connectivity index (χ0v) is 17.7. The van der Waals surface area contributed by atoms with E-state index in [9.17, 15) is 9.59 Å². The number of fused-ring (bicyclic) bond motifs is 2. The van der Waals surface area contributed by atoms with E-state index in [1.807, 2.05) is 85.2 Å². The van der Waals surface area contributed by atoms with Crippen LogP contribution in [0.4, 0.5) is 11.4 Å². The number of aryl methyl sites for hydroxylation is 2. The average Bonchev–Trinajstić information content (AvgIpc) is 2.84. The first-order valence-corrected chi connectivity index (χ1v) is 11.0. The van der Waals surface area contributed by atoms with Gasteiger partial charge in [-0.25, -0.2) is 0 Å². The van der Waals surface area contributed by atoms with Gasteiger partial charge in [-0.15, -0.1) is 0 Å². The van der Waals surface area contributed by atoms with Crippen molar-refractivity contribution >= 4 is 22.9 Å².